The molecule has 0 bridgehead atoms. The van der Waals surface area contributed by atoms with Crippen LogP contribution in [0.4, 0.5) is 10.6 Å². The van der Waals surface area contributed by atoms with E-state index >= 15 is 0 Å². The standard InChI is InChI=1S/C25H29N5O5S2/c1-3-34-24(33)28-11-9-27(10-12-28)21-18(22(31)29-8-4-6-16(2)20(29)26-21)14-19-23(32)30(25(36)37-19)15-17-7-5-13-35-17/h4,6,8,14,17H,3,5,7,9-13,15H2,1-2H3/b19-14-/t17-/m1/s1. The second kappa shape index (κ2) is 10.8. The van der Waals surface area contributed by atoms with E-state index in [2.05, 4.69) is 0 Å². The van der Waals surface area contributed by atoms with E-state index in [9.17, 15) is 14.4 Å². The lowest BCUT2D eigenvalue weighted by atomic mass is 10.2. The van der Waals surface area contributed by atoms with Crippen LogP contribution in [0.15, 0.2) is 28.0 Å². The maximum atomic E-state index is 13.7. The topological polar surface area (TPSA) is 96.7 Å². The van der Waals surface area contributed by atoms with Gasteiger partial charge in [0.15, 0.2) is 0 Å². The molecular formula is C25H29N5O5S2. The number of hydrogen-bond donors (Lipinski definition) is 0. The fourth-order valence-corrected chi connectivity index (χ4v) is 6.02. The lowest BCUT2D eigenvalue weighted by Gasteiger charge is -2.35. The Morgan fingerprint density at radius 2 is 2.08 bits per heavy atom. The van der Waals surface area contributed by atoms with Gasteiger partial charge < -0.3 is 19.3 Å². The van der Waals surface area contributed by atoms with Gasteiger partial charge in [-0.15, -0.1) is 0 Å². The van der Waals surface area contributed by atoms with E-state index in [4.69, 9.17) is 26.7 Å². The zero-order valence-corrected chi connectivity index (χ0v) is 22.5. The van der Waals surface area contributed by atoms with Gasteiger partial charge >= 0.3 is 6.09 Å². The second-order valence-corrected chi connectivity index (χ2v) is 10.8. The number of hydrogen-bond acceptors (Lipinski definition) is 9. The molecule has 5 heterocycles. The Balaban J connectivity index is 1.50. The highest BCUT2D eigenvalue weighted by molar-refractivity contribution is 8.26. The average molecular weight is 544 g/mol. The Morgan fingerprint density at radius 1 is 1.30 bits per heavy atom. The number of aryl methyl sites for hydroxylation is 1. The number of piperazine rings is 1. The summed E-state index contributed by atoms with van der Waals surface area (Å²) in [5.41, 5.74) is 1.48. The second-order valence-electron chi connectivity index (χ2n) is 9.14. The first-order chi connectivity index (χ1) is 17.9. The molecule has 2 aromatic rings. The van der Waals surface area contributed by atoms with Gasteiger partial charge in [0, 0.05) is 39.0 Å². The van der Waals surface area contributed by atoms with E-state index in [0.29, 0.717) is 72.2 Å². The van der Waals surface area contributed by atoms with Gasteiger partial charge in [0.25, 0.3) is 11.5 Å². The summed E-state index contributed by atoms with van der Waals surface area (Å²) in [6.07, 6.45) is 4.80. The summed E-state index contributed by atoms with van der Waals surface area (Å²) in [7, 11) is 0. The van der Waals surface area contributed by atoms with Crippen molar-refractivity contribution >= 4 is 57.8 Å². The summed E-state index contributed by atoms with van der Waals surface area (Å²) in [6.45, 7) is 6.95. The molecule has 3 saturated heterocycles. The highest BCUT2D eigenvalue weighted by atomic mass is 32.2. The Hall–Kier alpha value is -2.96. The predicted octanol–water partition coefficient (Wildman–Crippen LogP) is 2.66. The van der Waals surface area contributed by atoms with Crippen molar-refractivity contribution in [2.75, 3.05) is 50.8 Å². The molecule has 2 aromatic heterocycles. The van der Waals surface area contributed by atoms with Crippen LogP contribution in [-0.4, -0.2) is 87.5 Å². The van der Waals surface area contributed by atoms with Crippen LogP contribution < -0.4 is 10.5 Å². The summed E-state index contributed by atoms with van der Waals surface area (Å²) in [6, 6.07) is 3.70. The minimum atomic E-state index is -0.348. The molecule has 196 valence electrons. The molecule has 3 fully saturated rings. The maximum absolute atomic E-state index is 13.7. The summed E-state index contributed by atoms with van der Waals surface area (Å²) in [5, 5.41) is 0. The highest BCUT2D eigenvalue weighted by Gasteiger charge is 2.35. The number of aromatic nitrogens is 2. The van der Waals surface area contributed by atoms with Crippen LogP contribution in [0.1, 0.15) is 30.9 Å². The van der Waals surface area contributed by atoms with Crippen molar-refractivity contribution in [2.24, 2.45) is 0 Å². The fourth-order valence-electron chi connectivity index (χ4n) is 4.76. The third kappa shape index (κ3) is 5.10. The first kappa shape index (κ1) is 25.7. The number of ether oxygens (including phenoxy) is 2. The van der Waals surface area contributed by atoms with Crippen molar-refractivity contribution in [2.45, 2.75) is 32.8 Å². The van der Waals surface area contributed by atoms with Crippen LogP contribution in [0.5, 0.6) is 0 Å². The van der Waals surface area contributed by atoms with Gasteiger partial charge in [-0.3, -0.25) is 18.9 Å². The molecule has 0 aliphatic carbocycles. The lowest BCUT2D eigenvalue weighted by Crippen LogP contribution is -2.49. The summed E-state index contributed by atoms with van der Waals surface area (Å²) < 4.78 is 12.8. The van der Waals surface area contributed by atoms with Gasteiger partial charge in [0.05, 0.1) is 29.7 Å². The number of carbonyl (C=O) groups excluding carboxylic acids is 2. The van der Waals surface area contributed by atoms with Crippen molar-refractivity contribution in [3.63, 3.8) is 0 Å². The van der Waals surface area contributed by atoms with Crippen molar-refractivity contribution in [3.8, 4) is 0 Å². The van der Waals surface area contributed by atoms with Crippen molar-refractivity contribution < 1.29 is 19.1 Å². The molecular weight excluding hydrogens is 514 g/mol. The maximum Gasteiger partial charge on any atom is 0.409 e. The molecule has 0 unspecified atom stereocenters. The first-order valence-corrected chi connectivity index (χ1v) is 13.7. The minimum Gasteiger partial charge on any atom is -0.450 e. The van der Waals surface area contributed by atoms with E-state index in [1.165, 1.54) is 16.2 Å². The SMILES string of the molecule is CCOC(=O)N1CCN(c2nc3c(C)cccn3c(=O)c2/C=C2\SC(=S)N(C[C@H]3CCCO3)C2=O)CC1. The number of anilines is 1. The molecule has 3 aliphatic rings. The van der Waals surface area contributed by atoms with Crippen LogP contribution in [0.2, 0.25) is 0 Å². The molecule has 1 atom stereocenters. The Morgan fingerprint density at radius 3 is 2.78 bits per heavy atom. The summed E-state index contributed by atoms with van der Waals surface area (Å²) in [4.78, 5) is 49.7. The average Bonchev–Trinajstić information content (AvgIpc) is 3.50. The highest BCUT2D eigenvalue weighted by Crippen LogP contribution is 2.34. The predicted molar refractivity (Wildman–Crippen MR) is 146 cm³/mol. The quantitative estimate of drug-likeness (QED) is 0.417. The molecule has 5 rings (SSSR count). The van der Waals surface area contributed by atoms with Gasteiger partial charge in [-0.05, 0) is 44.4 Å². The lowest BCUT2D eigenvalue weighted by molar-refractivity contribution is -0.123. The zero-order valence-electron chi connectivity index (χ0n) is 20.8. The van der Waals surface area contributed by atoms with E-state index in [1.54, 1.807) is 35.1 Å². The minimum absolute atomic E-state index is 0.0240. The third-order valence-electron chi connectivity index (χ3n) is 6.73. The van der Waals surface area contributed by atoms with Gasteiger partial charge in [0.2, 0.25) is 0 Å². The molecule has 0 N–H and O–H groups in total. The molecule has 3 aliphatic heterocycles. The van der Waals surface area contributed by atoms with Gasteiger partial charge in [-0.25, -0.2) is 9.78 Å². The van der Waals surface area contributed by atoms with Crippen molar-refractivity contribution in [3.05, 3.63) is 44.7 Å². The van der Waals surface area contributed by atoms with Crippen LogP contribution in [0, 0.1) is 6.92 Å². The van der Waals surface area contributed by atoms with Crippen LogP contribution in [-0.2, 0) is 14.3 Å². The monoisotopic (exact) mass is 543 g/mol. The number of thiocarbonyl (C=S) groups is 1. The molecule has 0 aromatic carbocycles. The van der Waals surface area contributed by atoms with Crippen molar-refractivity contribution in [1.29, 1.82) is 0 Å². The van der Waals surface area contributed by atoms with Gasteiger partial charge in [0.1, 0.15) is 15.8 Å². The molecule has 10 nitrogen and oxygen atoms in total. The molecule has 37 heavy (non-hydrogen) atoms. The summed E-state index contributed by atoms with van der Waals surface area (Å²) >= 11 is 6.69. The summed E-state index contributed by atoms with van der Waals surface area (Å²) in [5.74, 6) is 0.268. The smallest absolute Gasteiger partial charge is 0.409 e. The number of carbonyl (C=O) groups is 2. The van der Waals surface area contributed by atoms with E-state index in [-0.39, 0.29) is 23.7 Å². The largest absolute Gasteiger partial charge is 0.450 e. The third-order valence-corrected chi connectivity index (χ3v) is 8.11. The van der Waals surface area contributed by atoms with E-state index in [0.717, 1.165) is 18.4 Å². The van der Waals surface area contributed by atoms with E-state index < -0.39 is 0 Å². The molecule has 12 heteroatoms. The normalized spacial score (nSPS) is 21.5. The molecule has 0 radical (unpaired) electrons. The Labute approximate surface area is 224 Å². The first-order valence-electron chi connectivity index (χ1n) is 12.4. The van der Waals surface area contributed by atoms with Crippen LogP contribution in [0.3, 0.4) is 0 Å². The molecule has 0 spiro atoms. The number of pyridine rings is 1. The molecule has 2 amide bonds. The number of nitrogens with zero attached hydrogens (tertiary/aromatic N) is 5. The van der Waals surface area contributed by atoms with Crippen molar-refractivity contribution in [1.82, 2.24) is 19.2 Å². The number of fused-ring (bicyclic) bond motifs is 1. The number of rotatable bonds is 5. The Kier molecular flexibility index (Phi) is 7.50. The number of thioether (sulfide) groups is 1. The van der Waals surface area contributed by atoms with Crippen LogP contribution >= 0.6 is 24.0 Å². The number of amides is 2. The molecule has 0 saturated carbocycles. The van der Waals surface area contributed by atoms with Gasteiger partial charge in [-0.1, -0.05) is 30.0 Å². The van der Waals surface area contributed by atoms with Crippen LogP contribution in [0.25, 0.3) is 11.7 Å². The Bertz CT molecular complexity index is 1330. The fraction of sp³-hybridized carbons (Fsp3) is 0.480. The zero-order chi connectivity index (χ0) is 26.1. The van der Waals surface area contributed by atoms with E-state index in [1.807, 2.05) is 17.9 Å². The van der Waals surface area contributed by atoms with Gasteiger partial charge in [-0.2, -0.15) is 0 Å².